The minimum Gasteiger partial charge on any atom is -0.394 e. The van der Waals surface area contributed by atoms with E-state index in [1.54, 1.807) is 0 Å². The average Bonchev–Trinajstić information content (AvgIpc) is 2.80. The molecule has 0 spiro atoms. The molecule has 1 aliphatic rings. The number of hydrogen-bond donors (Lipinski definition) is 6. The Morgan fingerprint density at radius 2 is 1.59 bits per heavy atom. The third-order valence-corrected chi connectivity index (χ3v) is 4.35. The summed E-state index contributed by atoms with van der Waals surface area (Å²) in [7, 11) is 0. The lowest BCUT2D eigenvalue weighted by Gasteiger charge is -2.25. The monoisotopic (exact) mass is 319 g/mol. The number of rotatable bonds is 8. The molecule has 22 heavy (non-hydrogen) atoms. The third kappa shape index (κ3) is 6.18. The predicted octanol–water partition coefficient (Wildman–Crippen LogP) is -1.10. The summed E-state index contributed by atoms with van der Waals surface area (Å²) in [5, 5.41) is 49.2. The first-order valence-corrected chi connectivity index (χ1v) is 8.08. The van der Waals surface area contributed by atoms with Crippen LogP contribution >= 0.6 is 0 Å². The Morgan fingerprint density at radius 1 is 1.00 bits per heavy atom. The average molecular weight is 319 g/mol. The van der Waals surface area contributed by atoms with Crippen molar-refractivity contribution in [2.75, 3.05) is 13.2 Å². The first kappa shape index (κ1) is 19.3. The maximum atomic E-state index is 11.7. The van der Waals surface area contributed by atoms with Gasteiger partial charge in [-0.05, 0) is 12.3 Å². The Labute approximate surface area is 131 Å². The summed E-state index contributed by atoms with van der Waals surface area (Å²) in [5.74, 6) is -0.211. The van der Waals surface area contributed by atoms with Gasteiger partial charge in [-0.25, -0.2) is 0 Å². The summed E-state index contributed by atoms with van der Waals surface area (Å²) < 4.78 is 0. The van der Waals surface area contributed by atoms with E-state index in [-0.39, 0.29) is 0 Å². The molecule has 1 rings (SSSR count). The Kier molecular flexibility index (Phi) is 8.89. The predicted molar refractivity (Wildman–Crippen MR) is 79.9 cm³/mol. The lowest BCUT2D eigenvalue weighted by molar-refractivity contribution is -0.148. The summed E-state index contributed by atoms with van der Waals surface area (Å²) in [6.07, 6.45) is 1.01. The first-order chi connectivity index (χ1) is 10.5. The molecule has 4 atom stereocenters. The Bertz CT molecular complexity index is 319. The van der Waals surface area contributed by atoms with Gasteiger partial charge >= 0.3 is 0 Å². The minimum atomic E-state index is -1.85. The van der Waals surface area contributed by atoms with Gasteiger partial charge in [0, 0.05) is 6.54 Å². The molecule has 4 unspecified atom stereocenters. The second kappa shape index (κ2) is 10.1. The van der Waals surface area contributed by atoms with Crippen molar-refractivity contribution in [3.63, 3.8) is 0 Å². The van der Waals surface area contributed by atoms with Crippen molar-refractivity contribution in [3.8, 4) is 0 Å². The van der Waals surface area contributed by atoms with E-state index in [0.717, 1.165) is 19.3 Å². The van der Waals surface area contributed by atoms with E-state index in [9.17, 15) is 25.2 Å². The van der Waals surface area contributed by atoms with Crippen LogP contribution in [0.2, 0.25) is 0 Å². The van der Waals surface area contributed by atoms with Gasteiger partial charge in [0.15, 0.2) is 6.10 Å². The molecule has 1 amide bonds. The molecule has 1 aliphatic carbocycles. The van der Waals surface area contributed by atoms with Gasteiger partial charge in [-0.2, -0.15) is 0 Å². The summed E-state index contributed by atoms with van der Waals surface area (Å²) in [5.41, 5.74) is 0. The van der Waals surface area contributed by atoms with Gasteiger partial charge in [-0.3, -0.25) is 4.79 Å². The van der Waals surface area contributed by atoms with Crippen molar-refractivity contribution in [1.82, 2.24) is 5.32 Å². The first-order valence-electron chi connectivity index (χ1n) is 8.08. The number of carbonyl (C=O) groups excluding carboxylic acids is 1. The fourth-order valence-corrected chi connectivity index (χ4v) is 2.83. The van der Waals surface area contributed by atoms with Crippen molar-refractivity contribution in [3.05, 3.63) is 0 Å². The van der Waals surface area contributed by atoms with Gasteiger partial charge in [-0.15, -0.1) is 0 Å². The van der Waals surface area contributed by atoms with Crippen molar-refractivity contribution in [2.24, 2.45) is 5.92 Å². The fourth-order valence-electron chi connectivity index (χ4n) is 2.83. The zero-order valence-electron chi connectivity index (χ0n) is 12.9. The Hall–Kier alpha value is -0.730. The number of carbonyl (C=O) groups is 1. The van der Waals surface area contributed by atoms with Crippen LogP contribution in [-0.2, 0) is 4.79 Å². The fraction of sp³-hybridized carbons (Fsp3) is 0.933. The molecular weight excluding hydrogens is 290 g/mol. The van der Waals surface area contributed by atoms with Crippen molar-refractivity contribution >= 4 is 5.91 Å². The minimum absolute atomic E-state index is 0.409. The largest absolute Gasteiger partial charge is 0.394 e. The second-order valence-corrected chi connectivity index (χ2v) is 6.11. The molecular formula is C15H29NO6. The highest BCUT2D eigenvalue weighted by atomic mass is 16.4. The molecule has 7 nitrogen and oxygen atoms in total. The topological polar surface area (TPSA) is 130 Å². The van der Waals surface area contributed by atoms with E-state index in [1.807, 2.05) is 0 Å². The number of hydrogen-bond acceptors (Lipinski definition) is 6. The maximum Gasteiger partial charge on any atom is 0.251 e. The van der Waals surface area contributed by atoms with Crippen molar-refractivity contribution < 1.29 is 30.3 Å². The van der Waals surface area contributed by atoms with Crippen LogP contribution in [0.4, 0.5) is 0 Å². The number of nitrogens with one attached hydrogen (secondary N) is 1. The molecule has 1 fully saturated rings. The summed E-state index contributed by atoms with van der Waals surface area (Å²) in [6.45, 7) is -0.361. The Morgan fingerprint density at radius 3 is 2.14 bits per heavy atom. The zero-order chi connectivity index (χ0) is 16.5. The van der Waals surface area contributed by atoms with Crippen LogP contribution in [0.3, 0.4) is 0 Å². The van der Waals surface area contributed by atoms with Crippen LogP contribution in [0, 0.1) is 5.92 Å². The summed E-state index contributed by atoms with van der Waals surface area (Å²) in [4.78, 5) is 11.7. The van der Waals surface area contributed by atoms with Crippen LogP contribution in [0.5, 0.6) is 0 Å². The van der Waals surface area contributed by atoms with E-state index in [0.29, 0.717) is 12.5 Å². The van der Waals surface area contributed by atoms with E-state index in [1.165, 1.54) is 25.7 Å². The molecule has 0 aliphatic heterocycles. The van der Waals surface area contributed by atoms with E-state index in [4.69, 9.17) is 5.11 Å². The van der Waals surface area contributed by atoms with E-state index >= 15 is 0 Å². The molecule has 1 saturated carbocycles. The standard InChI is InChI=1S/C15H29NO6/c17-9-11(18)12(19)13(20)14(21)15(22)16-8-7-10-5-3-1-2-4-6-10/h10-14,17-21H,1-9H2,(H,16,22). The lowest BCUT2D eigenvalue weighted by Crippen LogP contribution is -2.51. The van der Waals surface area contributed by atoms with Crippen LogP contribution < -0.4 is 5.32 Å². The van der Waals surface area contributed by atoms with Gasteiger partial charge in [0.25, 0.3) is 5.91 Å². The van der Waals surface area contributed by atoms with Crippen LogP contribution in [-0.4, -0.2) is 69.0 Å². The van der Waals surface area contributed by atoms with E-state index in [2.05, 4.69) is 5.32 Å². The molecule has 0 aromatic heterocycles. The van der Waals surface area contributed by atoms with Gasteiger partial charge in [-0.1, -0.05) is 38.5 Å². The van der Waals surface area contributed by atoms with Gasteiger partial charge in [0.2, 0.25) is 0 Å². The van der Waals surface area contributed by atoms with Gasteiger partial charge in [0.1, 0.15) is 18.3 Å². The SMILES string of the molecule is O=C(NCCC1CCCCCC1)C(O)C(O)C(O)C(O)CO. The second-order valence-electron chi connectivity index (χ2n) is 6.11. The quantitative estimate of drug-likeness (QED) is 0.315. The Balaban J connectivity index is 2.31. The van der Waals surface area contributed by atoms with Gasteiger partial charge in [0.05, 0.1) is 6.61 Å². The molecule has 6 N–H and O–H groups in total. The number of aliphatic hydroxyl groups is 5. The number of aliphatic hydroxyl groups excluding tert-OH is 5. The maximum absolute atomic E-state index is 11.7. The van der Waals surface area contributed by atoms with E-state index < -0.39 is 36.9 Å². The van der Waals surface area contributed by atoms with Crippen molar-refractivity contribution in [2.45, 2.75) is 69.4 Å². The summed E-state index contributed by atoms with van der Waals surface area (Å²) in [6, 6.07) is 0. The molecule has 7 heteroatoms. The third-order valence-electron chi connectivity index (χ3n) is 4.35. The molecule has 0 radical (unpaired) electrons. The lowest BCUT2D eigenvalue weighted by atomic mass is 9.96. The highest BCUT2D eigenvalue weighted by Gasteiger charge is 2.33. The summed E-state index contributed by atoms with van der Waals surface area (Å²) >= 11 is 0. The zero-order valence-corrected chi connectivity index (χ0v) is 12.9. The van der Waals surface area contributed by atoms with Crippen LogP contribution in [0.15, 0.2) is 0 Å². The molecule has 0 saturated heterocycles. The highest BCUT2D eigenvalue weighted by molar-refractivity contribution is 5.81. The normalized spacial score (nSPS) is 22.4. The molecule has 0 aromatic rings. The van der Waals surface area contributed by atoms with Gasteiger partial charge < -0.3 is 30.8 Å². The molecule has 0 heterocycles. The smallest absolute Gasteiger partial charge is 0.251 e. The highest BCUT2D eigenvalue weighted by Crippen LogP contribution is 2.24. The molecule has 0 bridgehead atoms. The molecule has 130 valence electrons. The molecule has 0 aromatic carbocycles. The van der Waals surface area contributed by atoms with Crippen LogP contribution in [0.1, 0.15) is 44.9 Å². The number of amides is 1. The van der Waals surface area contributed by atoms with Crippen LogP contribution in [0.25, 0.3) is 0 Å². The van der Waals surface area contributed by atoms with Crippen molar-refractivity contribution in [1.29, 1.82) is 0 Å².